The number of rotatable bonds is 1. The number of halogens is 1. The topological polar surface area (TPSA) is 20.2 Å². The zero-order chi connectivity index (χ0) is 16.4. The molecule has 4 rings (SSSR count). The summed E-state index contributed by atoms with van der Waals surface area (Å²) in [6.45, 7) is 7.34. The smallest absolute Gasteiger partial charge is 0.0585 e. The van der Waals surface area contributed by atoms with E-state index in [1.807, 2.05) is 0 Å². The number of fused-ring (bicyclic) bond motifs is 5. The summed E-state index contributed by atoms with van der Waals surface area (Å²) in [5.41, 5.74) is 2.28. The third-order valence-corrected chi connectivity index (χ3v) is 9.57. The molecule has 0 spiro atoms. The number of hydrogen-bond donors (Lipinski definition) is 1. The summed E-state index contributed by atoms with van der Waals surface area (Å²) in [7, 11) is 0. The first-order chi connectivity index (χ1) is 10.9. The van der Waals surface area contributed by atoms with Gasteiger partial charge in [-0.25, -0.2) is 0 Å². The van der Waals surface area contributed by atoms with Crippen molar-refractivity contribution in [2.75, 3.05) is 0 Å². The maximum atomic E-state index is 11.3. The van der Waals surface area contributed by atoms with Crippen LogP contribution in [-0.4, -0.2) is 16.0 Å². The van der Waals surface area contributed by atoms with Crippen LogP contribution in [-0.2, 0) is 0 Å². The summed E-state index contributed by atoms with van der Waals surface area (Å²) in [5.74, 6) is 2.77. The Morgan fingerprint density at radius 2 is 2.09 bits per heavy atom. The second kappa shape index (κ2) is 5.59. The molecule has 0 saturated heterocycles. The fourth-order valence-electron chi connectivity index (χ4n) is 7.56. The van der Waals surface area contributed by atoms with E-state index in [1.54, 1.807) is 5.57 Å². The molecule has 4 aliphatic carbocycles. The van der Waals surface area contributed by atoms with E-state index >= 15 is 0 Å². The molecule has 0 aromatic heterocycles. The molecule has 0 aliphatic heterocycles. The van der Waals surface area contributed by atoms with E-state index in [1.165, 1.54) is 44.9 Å². The van der Waals surface area contributed by atoms with E-state index in [-0.39, 0.29) is 11.5 Å². The molecular weight excluding hydrogens is 348 g/mol. The van der Waals surface area contributed by atoms with Crippen LogP contribution in [0.15, 0.2) is 11.6 Å². The average molecular weight is 381 g/mol. The quantitative estimate of drug-likeness (QED) is 0.456. The lowest BCUT2D eigenvalue weighted by molar-refractivity contribution is -0.125. The van der Waals surface area contributed by atoms with Crippen molar-refractivity contribution in [1.82, 2.24) is 0 Å². The van der Waals surface area contributed by atoms with Gasteiger partial charge in [0, 0.05) is 4.83 Å². The second-order valence-electron chi connectivity index (χ2n) is 9.43. The fraction of sp³-hybridized carbons (Fsp3) is 0.905. The first-order valence-electron chi connectivity index (χ1n) is 9.93. The molecule has 3 saturated carbocycles. The molecule has 0 aromatic carbocycles. The van der Waals surface area contributed by atoms with Crippen molar-refractivity contribution in [1.29, 1.82) is 0 Å². The van der Waals surface area contributed by atoms with Gasteiger partial charge in [-0.2, -0.15) is 0 Å². The van der Waals surface area contributed by atoms with Gasteiger partial charge < -0.3 is 5.11 Å². The monoisotopic (exact) mass is 380 g/mol. The molecule has 2 heteroatoms. The third kappa shape index (κ3) is 2.19. The highest BCUT2D eigenvalue weighted by molar-refractivity contribution is 9.09. The maximum Gasteiger partial charge on any atom is 0.0585 e. The lowest BCUT2D eigenvalue weighted by Crippen LogP contribution is -2.59. The van der Waals surface area contributed by atoms with Gasteiger partial charge in [-0.1, -0.05) is 54.8 Å². The summed E-state index contributed by atoms with van der Waals surface area (Å²) in [6, 6.07) is 0. The third-order valence-electron chi connectivity index (χ3n) is 8.63. The Kier molecular flexibility index (Phi) is 4.05. The van der Waals surface area contributed by atoms with Crippen LogP contribution in [0.5, 0.6) is 0 Å². The van der Waals surface area contributed by atoms with E-state index in [9.17, 15) is 5.11 Å². The summed E-state index contributed by atoms with van der Waals surface area (Å²) in [6.07, 6.45) is 12.6. The van der Waals surface area contributed by atoms with Crippen molar-refractivity contribution in [2.24, 2.45) is 34.5 Å². The summed E-state index contributed by atoms with van der Waals surface area (Å²) in [5, 5.41) is 11.3. The lowest BCUT2D eigenvalue weighted by Gasteiger charge is -2.61. The lowest BCUT2D eigenvalue weighted by atomic mass is 9.46. The van der Waals surface area contributed by atoms with Crippen LogP contribution in [0.2, 0.25) is 0 Å². The van der Waals surface area contributed by atoms with E-state index < -0.39 is 0 Å². The molecule has 0 aromatic rings. The predicted octanol–water partition coefficient (Wildman–Crippen LogP) is 5.71. The van der Waals surface area contributed by atoms with E-state index in [0.29, 0.717) is 22.1 Å². The molecule has 0 amide bonds. The molecule has 1 nitrogen and oxygen atoms in total. The normalized spacial score (nSPS) is 55.6. The van der Waals surface area contributed by atoms with Gasteiger partial charge in [0.05, 0.1) is 6.10 Å². The van der Waals surface area contributed by atoms with E-state index in [0.717, 1.165) is 18.3 Å². The number of alkyl halides is 1. The van der Waals surface area contributed by atoms with Crippen LogP contribution >= 0.6 is 15.9 Å². The Morgan fingerprint density at radius 1 is 1.30 bits per heavy atom. The minimum Gasteiger partial charge on any atom is -0.393 e. The standard InChI is InChI=1S/C21H33BrO/c1-4-13-8-9-15-18-16(22)11-14-7-5-6-10-20(14,2)19(18)17(23)12-21(13,15)3/h7,13,15-19,23H,4-6,8-12H2,1-3H3/t13-,15-,16+,17-,18+,19-,20-,21+/m0/s1. The van der Waals surface area contributed by atoms with Crippen molar-refractivity contribution in [3.05, 3.63) is 11.6 Å². The minimum atomic E-state index is -0.111. The van der Waals surface area contributed by atoms with Crippen LogP contribution in [0.25, 0.3) is 0 Å². The molecule has 0 radical (unpaired) electrons. The molecule has 3 fully saturated rings. The first kappa shape index (κ1) is 16.6. The molecular formula is C21H33BrO. The number of aliphatic hydroxyl groups is 1. The van der Waals surface area contributed by atoms with E-state index in [2.05, 4.69) is 42.8 Å². The largest absolute Gasteiger partial charge is 0.393 e. The zero-order valence-electron chi connectivity index (χ0n) is 15.0. The number of hydrogen-bond acceptors (Lipinski definition) is 1. The number of aliphatic hydroxyl groups excluding tert-OH is 1. The van der Waals surface area contributed by atoms with Gasteiger partial charge in [0.1, 0.15) is 0 Å². The summed E-state index contributed by atoms with van der Waals surface area (Å²) in [4.78, 5) is 0.569. The Morgan fingerprint density at radius 3 is 2.83 bits per heavy atom. The molecule has 130 valence electrons. The fourth-order valence-corrected chi connectivity index (χ4v) is 8.60. The zero-order valence-corrected chi connectivity index (χ0v) is 16.6. The highest BCUT2D eigenvalue weighted by Crippen LogP contribution is 2.67. The van der Waals surface area contributed by atoms with Crippen molar-refractivity contribution in [3.63, 3.8) is 0 Å². The van der Waals surface area contributed by atoms with E-state index in [4.69, 9.17) is 0 Å². The van der Waals surface area contributed by atoms with Crippen LogP contribution in [0, 0.1) is 34.5 Å². The molecule has 0 unspecified atom stereocenters. The molecule has 1 N–H and O–H groups in total. The van der Waals surface area contributed by atoms with Crippen LogP contribution in [0.4, 0.5) is 0 Å². The van der Waals surface area contributed by atoms with Crippen molar-refractivity contribution in [2.45, 2.75) is 83.1 Å². The summed E-state index contributed by atoms with van der Waals surface area (Å²) < 4.78 is 0. The Bertz CT molecular complexity index is 514. The molecule has 8 atom stereocenters. The molecule has 0 bridgehead atoms. The SMILES string of the molecule is CC[C@H]1CC[C@H]2[C@H]3[C@H]([C@@H](O)C[C@]12C)[C@@]1(C)CCCC=C1C[C@H]3Br. The second-order valence-corrected chi connectivity index (χ2v) is 10.6. The highest BCUT2D eigenvalue weighted by atomic mass is 79.9. The number of allylic oxidation sites excluding steroid dienone is 2. The highest BCUT2D eigenvalue weighted by Gasteiger charge is 2.63. The predicted molar refractivity (Wildman–Crippen MR) is 99.6 cm³/mol. The average Bonchev–Trinajstić information content (AvgIpc) is 2.83. The maximum absolute atomic E-state index is 11.3. The van der Waals surface area contributed by atoms with Gasteiger partial charge >= 0.3 is 0 Å². The Balaban J connectivity index is 1.76. The molecule has 4 aliphatic rings. The van der Waals surface area contributed by atoms with Gasteiger partial charge in [-0.05, 0) is 79.4 Å². The molecule has 23 heavy (non-hydrogen) atoms. The van der Waals surface area contributed by atoms with Crippen LogP contribution in [0.1, 0.15) is 72.1 Å². The van der Waals surface area contributed by atoms with Gasteiger partial charge in [0.2, 0.25) is 0 Å². The van der Waals surface area contributed by atoms with Crippen molar-refractivity contribution in [3.8, 4) is 0 Å². The van der Waals surface area contributed by atoms with Gasteiger partial charge in [-0.3, -0.25) is 0 Å². The van der Waals surface area contributed by atoms with Crippen LogP contribution < -0.4 is 0 Å². The van der Waals surface area contributed by atoms with Gasteiger partial charge in [0.15, 0.2) is 0 Å². The summed E-state index contributed by atoms with van der Waals surface area (Å²) >= 11 is 4.09. The van der Waals surface area contributed by atoms with Gasteiger partial charge in [-0.15, -0.1) is 0 Å². The van der Waals surface area contributed by atoms with Crippen LogP contribution in [0.3, 0.4) is 0 Å². The Labute approximate surface area is 150 Å². The Hall–Kier alpha value is 0.180. The minimum absolute atomic E-state index is 0.111. The van der Waals surface area contributed by atoms with Crippen molar-refractivity contribution >= 4 is 15.9 Å². The first-order valence-corrected chi connectivity index (χ1v) is 10.8. The molecule has 0 heterocycles. The van der Waals surface area contributed by atoms with Gasteiger partial charge in [0.25, 0.3) is 0 Å². The van der Waals surface area contributed by atoms with Crippen molar-refractivity contribution < 1.29 is 5.11 Å².